The monoisotopic (exact) mass is 277 g/mol. The molecule has 108 valence electrons. The molecule has 1 atom stereocenters. The van der Waals surface area contributed by atoms with E-state index in [1.165, 1.54) is 0 Å². The standard InChI is InChI=1S/C14H19N3O3/c1-8-4-7-11(9(2)15-8)16-13(20)17-14(3,12(18)19)10-5-6-10/h4,7,10H,5-6H2,1-3H3,(H,18,19)(H2,16,17,20). The van der Waals surface area contributed by atoms with Gasteiger partial charge in [-0.2, -0.15) is 0 Å². The van der Waals surface area contributed by atoms with Crippen LogP contribution in [0.5, 0.6) is 0 Å². The van der Waals surface area contributed by atoms with E-state index < -0.39 is 17.5 Å². The minimum absolute atomic E-state index is 0.00277. The van der Waals surface area contributed by atoms with Crippen molar-refractivity contribution in [2.75, 3.05) is 5.32 Å². The van der Waals surface area contributed by atoms with Crippen LogP contribution in [-0.2, 0) is 4.79 Å². The Morgan fingerprint density at radius 3 is 2.50 bits per heavy atom. The van der Waals surface area contributed by atoms with E-state index in [4.69, 9.17) is 0 Å². The number of carbonyl (C=O) groups excluding carboxylic acids is 1. The lowest BCUT2D eigenvalue weighted by atomic mass is 9.96. The normalized spacial score (nSPS) is 17.1. The first-order valence-electron chi connectivity index (χ1n) is 6.59. The third-order valence-electron chi connectivity index (χ3n) is 3.68. The number of amides is 2. The minimum atomic E-state index is -1.21. The van der Waals surface area contributed by atoms with Gasteiger partial charge in [-0.3, -0.25) is 4.98 Å². The quantitative estimate of drug-likeness (QED) is 0.785. The van der Waals surface area contributed by atoms with Gasteiger partial charge < -0.3 is 15.7 Å². The number of carbonyl (C=O) groups is 2. The molecule has 20 heavy (non-hydrogen) atoms. The molecule has 1 unspecified atom stereocenters. The number of rotatable bonds is 4. The van der Waals surface area contributed by atoms with Crippen LogP contribution in [0.4, 0.5) is 10.5 Å². The summed E-state index contributed by atoms with van der Waals surface area (Å²) in [6.45, 7) is 5.21. The number of aryl methyl sites for hydroxylation is 2. The number of hydrogen-bond donors (Lipinski definition) is 3. The molecule has 1 aliphatic carbocycles. The zero-order chi connectivity index (χ0) is 14.9. The Morgan fingerprint density at radius 1 is 1.35 bits per heavy atom. The van der Waals surface area contributed by atoms with Crippen LogP contribution in [0.25, 0.3) is 0 Å². The number of aliphatic carboxylic acids is 1. The van der Waals surface area contributed by atoms with Crippen LogP contribution in [0, 0.1) is 19.8 Å². The molecule has 3 N–H and O–H groups in total. The summed E-state index contributed by atoms with van der Waals surface area (Å²) in [5, 5.41) is 14.5. The molecule has 0 aromatic carbocycles. The lowest BCUT2D eigenvalue weighted by Crippen LogP contribution is -2.55. The zero-order valence-electron chi connectivity index (χ0n) is 11.9. The molecule has 0 aliphatic heterocycles. The van der Waals surface area contributed by atoms with E-state index in [1.807, 2.05) is 6.92 Å². The van der Waals surface area contributed by atoms with Gasteiger partial charge in [0.1, 0.15) is 5.54 Å². The van der Waals surface area contributed by atoms with Crippen molar-refractivity contribution >= 4 is 17.7 Å². The third kappa shape index (κ3) is 2.89. The molecule has 1 heterocycles. The van der Waals surface area contributed by atoms with Crippen LogP contribution < -0.4 is 10.6 Å². The van der Waals surface area contributed by atoms with E-state index in [9.17, 15) is 14.7 Å². The number of hydrogen-bond acceptors (Lipinski definition) is 3. The summed E-state index contributed by atoms with van der Waals surface area (Å²) in [6.07, 6.45) is 1.66. The largest absolute Gasteiger partial charge is 0.480 e. The molecule has 0 spiro atoms. The van der Waals surface area contributed by atoms with Gasteiger partial charge in [0.2, 0.25) is 0 Å². The highest BCUT2D eigenvalue weighted by molar-refractivity contribution is 5.94. The first-order valence-corrected chi connectivity index (χ1v) is 6.59. The van der Waals surface area contributed by atoms with E-state index in [0.717, 1.165) is 18.5 Å². The SMILES string of the molecule is Cc1ccc(NC(=O)NC(C)(C(=O)O)C2CC2)c(C)n1. The van der Waals surface area contributed by atoms with Crippen molar-refractivity contribution in [2.24, 2.45) is 5.92 Å². The zero-order valence-corrected chi connectivity index (χ0v) is 11.9. The van der Waals surface area contributed by atoms with Crippen molar-refractivity contribution in [3.63, 3.8) is 0 Å². The van der Waals surface area contributed by atoms with E-state index in [-0.39, 0.29) is 5.92 Å². The van der Waals surface area contributed by atoms with Gasteiger partial charge in [0.25, 0.3) is 0 Å². The Morgan fingerprint density at radius 2 is 2.00 bits per heavy atom. The smallest absolute Gasteiger partial charge is 0.329 e. The number of carboxylic acid groups (broad SMARTS) is 1. The first-order chi connectivity index (χ1) is 9.33. The maximum atomic E-state index is 12.0. The van der Waals surface area contributed by atoms with Gasteiger partial charge >= 0.3 is 12.0 Å². The van der Waals surface area contributed by atoms with Crippen LogP contribution in [0.15, 0.2) is 12.1 Å². The number of aromatic nitrogens is 1. The first kappa shape index (κ1) is 14.3. The van der Waals surface area contributed by atoms with E-state index in [0.29, 0.717) is 11.4 Å². The van der Waals surface area contributed by atoms with Gasteiger partial charge in [0.15, 0.2) is 0 Å². The van der Waals surface area contributed by atoms with E-state index in [2.05, 4.69) is 15.6 Å². The lowest BCUT2D eigenvalue weighted by Gasteiger charge is -2.26. The lowest BCUT2D eigenvalue weighted by molar-refractivity contribution is -0.144. The van der Waals surface area contributed by atoms with Gasteiger partial charge in [0.05, 0.1) is 11.4 Å². The molecule has 1 saturated carbocycles. The molecule has 2 rings (SSSR count). The Labute approximate surface area is 117 Å². The Bertz CT molecular complexity index is 555. The third-order valence-corrected chi connectivity index (χ3v) is 3.68. The second-order valence-electron chi connectivity index (χ2n) is 5.45. The summed E-state index contributed by atoms with van der Waals surface area (Å²) in [6, 6.07) is 3.03. The van der Waals surface area contributed by atoms with Crippen LogP contribution in [-0.4, -0.2) is 27.6 Å². The molecule has 6 heteroatoms. The fourth-order valence-electron chi connectivity index (χ4n) is 2.20. The average molecular weight is 277 g/mol. The Balaban J connectivity index is 2.06. The molecule has 1 aliphatic rings. The molecule has 0 radical (unpaired) electrons. The van der Waals surface area contributed by atoms with Crippen LogP contribution in [0.3, 0.4) is 0 Å². The molecule has 1 aromatic rings. The highest BCUT2D eigenvalue weighted by Gasteiger charge is 2.48. The van der Waals surface area contributed by atoms with Crippen molar-refractivity contribution < 1.29 is 14.7 Å². The van der Waals surface area contributed by atoms with E-state index in [1.54, 1.807) is 26.0 Å². The highest BCUT2D eigenvalue weighted by Crippen LogP contribution is 2.39. The molecular weight excluding hydrogens is 258 g/mol. The molecule has 1 fully saturated rings. The number of pyridine rings is 1. The minimum Gasteiger partial charge on any atom is -0.480 e. The number of carboxylic acids is 1. The number of nitrogens with zero attached hydrogens (tertiary/aromatic N) is 1. The molecule has 0 bridgehead atoms. The maximum absolute atomic E-state index is 12.0. The van der Waals surface area contributed by atoms with Crippen molar-refractivity contribution in [3.05, 3.63) is 23.5 Å². The predicted molar refractivity (Wildman–Crippen MR) is 74.6 cm³/mol. The van der Waals surface area contributed by atoms with Crippen molar-refractivity contribution in [2.45, 2.75) is 39.2 Å². The molecular formula is C14H19N3O3. The Hall–Kier alpha value is -2.11. The van der Waals surface area contributed by atoms with Crippen molar-refractivity contribution in [1.82, 2.24) is 10.3 Å². The van der Waals surface area contributed by atoms with Gasteiger partial charge in [-0.05, 0) is 51.7 Å². The molecule has 1 aromatic heterocycles. The topological polar surface area (TPSA) is 91.3 Å². The van der Waals surface area contributed by atoms with Crippen molar-refractivity contribution in [3.8, 4) is 0 Å². The van der Waals surface area contributed by atoms with Gasteiger partial charge in [-0.25, -0.2) is 9.59 Å². The number of nitrogens with one attached hydrogen (secondary N) is 2. The Kier molecular flexibility index (Phi) is 3.65. The van der Waals surface area contributed by atoms with Crippen LogP contribution in [0.1, 0.15) is 31.2 Å². The van der Waals surface area contributed by atoms with Crippen LogP contribution >= 0.6 is 0 Å². The fraction of sp³-hybridized carbons (Fsp3) is 0.500. The molecule has 6 nitrogen and oxygen atoms in total. The summed E-state index contributed by atoms with van der Waals surface area (Å²) in [7, 11) is 0. The van der Waals surface area contributed by atoms with Gasteiger partial charge in [-0.15, -0.1) is 0 Å². The highest BCUT2D eigenvalue weighted by atomic mass is 16.4. The maximum Gasteiger partial charge on any atom is 0.329 e. The second kappa shape index (κ2) is 5.11. The van der Waals surface area contributed by atoms with E-state index >= 15 is 0 Å². The number of anilines is 1. The van der Waals surface area contributed by atoms with Crippen LogP contribution in [0.2, 0.25) is 0 Å². The summed E-state index contributed by atoms with van der Waals surface area (Å²) in [5.41, 5.74) is 0.929. The van der Waals surface area contributed by atoms with Gasteiger partial charge in [0, 0.05) is 5.69 Å². The summed E-state index contributed by atoms with van der Waals surface area (Å²) in [4.78, 5) is 27.6. The molecule has 2 amide bonds. The summed E-state index contributed by atoms with van der Waals surface area (Å²) in [5.74, 6) is -1.00. The summed E-state index contributed by atoms with van der Waals surface area (Å²) < 4.78 is 0. The van der Waals surface area contributed by atoms with Gasteiger partial charge in [-0.1, -0.05) is 0 Å². The molecule has 0 saturated heterocycles. The fourth-order valence-corrected chi connectivity index (χ4v) is 2.20. The second-order valence-corrected chi connectivity index (χ2v) is 5.45. The summed E-state index contributed by atoms with van der Waals surface area (Å²) >= 11 is 0. The predicted octanol–water partition coefficient (Wildman–Crippen LogP) is 2.07. The van der Waals surface area contributed by atoms with Crippen molar-refractivity contribution in [1.29, 1.82) is 0 Å². The number of urea groups is 1. The average Bonchev–Trinajstić information content (AvgIpc) is 3.16.